The second-order valence-electron chi connectivity index (χ2n) is 9.00. The van der Waals surface area contributed by atoms with Crippen LogP contribution in [0.4, 0.5) is 5.82 Å². The van der Waals surface area contributed by atoms with Crippen molar-refractivity contribution in [3.05, 3.63) is 17.1 Å². The molecular formula is C23H34N4O3. The number of methoxy groups -OCH3 is 1. The van der Waals surface area contributed by atoms with Gasteiger partial charge in [0.05, 0.1) is 25.5 Å². The lowest BCUT2D eigenvalue weighted by Gasteiger charge is -2.35. The lowest BCUT2D eigenvalue weighted by atomic mass is 9.89. The molecule has 2 fully saturated rings. The smallest absolute Gasteiger partial charge is 0.232 e. The first-order valence-electron chi connectivity index (χ1n) is 11.5. The van der Waals surface area contributed by atoms with Crippen LogP contribution in [0.3, 0.4) is 0 Å². The largest absolute Gasteiger partial charge is 0.384 e. The topological polar surface area (TPSA) is 75.6 Å². The van der Waals surface area contributed by atoms with Gasteiger partial charge in [0.2, 0.25) is 11.8 Å². The Morgan fingerprint density at radius 1 is 1.10 bits per heavy atom. The summed E-state index contributed by atoms with van der Waals surface area (Å²) in [6.45, 7) is 3.90. The predicted molar refractivity (Wildman–Crippen MR) is 114 cm³/mol. The summed E-state index contributed by atoms with van der Waals surface area (Å²) < 4.78 is 5.10. The Labute approximate surface area is 179 Å². The average Bonchev–Trinajstić information content (AvgIpc) is 3.08. The molecule has 0 aromatic carbocycles. The second kappa shape index (κ2) is 9.41. The highest BCUT2D eigenvalue weighted by atomic mass is 16.5. The van der Waals surface area contributed by atoms with Crippen molar-refractivity contribution in [3.63, 3.8) is 0 Å². The van der Waals surface area contributed by atoms with Gasteiger partial charge in [-0.05, 0) is 44.9 Å². The molecule has 2 aliphatic heterocycles. The van der Waals surface area contributed by atoms with Crippen molar-refractivity contribution in [1.29, 1.82) is 0 Å². The molecule has 0 radical (unpaired) electrons. The number of aromatic nitrogens is 2. The molecule has 3 aliphatic rings. The van der Waals surface area contributed by atoms with E-state index in [1.54, 1.807) is 7.11 Å². The molecule has 164 valence electrons. The van der Waals surface area contributed by atoms with Crippen molar-refractivity contribution in [3.8, 4) is 0 Å². The molecule has 30 heavy (non-hydrogen) atoms. The van der Waals surface area contributed by atoms with Crippen molar-refractivity contribution < 1.29 is 14.3 Å². The van der Waals surface area contributed by atoms with Gasteiger partial charge in [0, 0.05) is 31.5 Å². The lowest BCUT2D eigenvalue weighted by molar-refractivity contribution is -0.136. The molecule has 0 spiro atoms. The normalized spacial score (nSPS) is 22.5. The number of piperidine rings is 1. The standard InChI is InChI=1S/C23H34N4O3/c1-16-18-14-21(29)27(15-17-8-4-3-5-9-17)23(18)25-22(24-16)19-10-6-7-12-26(19)20(28)11-13-30-2/h17,19H,3-15H2,1-2H3/t19-/m0/s1. The monoisotopic (exact) mass is 414 g/mol. The molecule has 2 amide bonds. The zero-order valence-electron chi connectivity index (χ0n) is 18.4. The SMILES string of the molecule is COCCC(=O)N1CCCC[C@H]1c1nc(C)c2c(n1)N(CC1CCCCC1)C(=O)C2. The number of nitrogens with zero attached hydrogens (tertiary/aromatic N) is 4. The Kier molecular flexibility index (Phi) is 6.66. The van der Waals surface area contributed by atoms with E-state index in [4.69, 9.17) is 14.7 Å². The third-order valence-electron chi connectivity index (χ3n) is 6.90. The fraction of sp³-hybridized carbons (Fsp3) is 0.739. The molecule has 1 aromatic heterocycles. The van der Waals surface area contributed by atoms with Gasteiger partial charge in [-0.25, -0.2) is 9.97 Å². The van der Waals surface area contributed by atoms with Crippen molar-refractivity contribution in [1.82, 2.24) is 14.9 Å². The maximum absolute atomic E-state index is 12.8. The molecule has 7 heteroatoms. The van der Waals surface area contributed by atoms with E-state index in [-0.39, 0.29) is 17.9 Å². The van der Waals surface area contributed by atoms with E-state index in [1.807, 2.05) is 16.7 Å². The van der Waals surface area contributed by atoms with Crippen LogP contribution in [0.5, 0.6) is 0 Å². The van der Waals surface area contributed by atoms with Crippen LogP contribution >= 0.6 is 0 Å². The predicted octanol–water partition coefficient (Wildman–Crippen LogP) is 3.34. The molecule has 0 bridgehead atoms. The molecule has 1 aromatic rings. The highest BCUT2D eigenvalue weighted by molar-refractivity contribution is 6.00. The highest BCUT2D eigenvalue weighted by Gasteiger charge is 2.36. The fourth-order valence-electron chi connectivity index (χ4n) is 5.19. The van der Waals surface area contributed by atoms with E-state index >= 15 is 0 Å². The van der Waals surface area contributed by atoms with E-state index in [2.05, 4.69) is 0 Å². The third-order valence-corrected chi connectivity index (χ3v) is 6.90. The number of carbonyl (C=O) groups is 2. The fourth-order valence-corrected chi connectivity index (χ4v) is 5.19. The summed E-state index contributed by atoms with van der Waals surface area (Å²) in [5.41, 5.74) is 1.84. The number of anilines is 1. The summed E-state index contributed by atoms with van der Waals surface area (Å²) >= 11 is 0. The van der Waals surface area contributed by atoms with Crippen LogP contribution in [0.1, 0.15) is 80.9 Å². The van der Waals surface area contributed by atoms with Crippen LogP contribution in [0.25, 0.3) is 0 Å². The van der Waals surface area contributed by atoms with Crippen LogP contribution in [0.15, 0.2) is 0 Å². The van der Waals surface area contributed by atoms with Crippen molar-refractivity contribution in [2.75, 3.05) is 31.7 Å². The summed E-state index contributed by atoms with van der Waals surface area (Å²) in [5, 5.41) is 0. The molecule has 3 heterocycles. The van der Waals surface area contributed by atoms with Gasteiger partial charge in [0.15, 0.2) is 5.82 Å². The minimum Gasteiger partial charge on any atom is -0.384 e. The van der Waals surface area contributed by atoms with E-state index in [0.29, 0.717) is 31.2 Å². The summed E-state index contributed by atoms with van der Waals surface area (Å²) in [5.74, 6) is 2.29. The van der Waals surface area contributed by atoms with Gasteiger partial charge in [-0.3, -0.25) is 14.5 Å². The van der Waals surface area contributed by atoms with Gasteiger partial charge in [0.25, 0.3) is 0 Å². The van der Waals surface area contributed by atoms with E-state index in [9.17, 15) is 9.59 Å². The number of hydrogen-bond donors (Lipinski definition) is 0. The number of hydrogen-bond acceptors (Lipinski definition) is 5. The Morgan fingerprint density at radius 2 is 1.87 bits per heavy atom. The molecule has 1 saturated heterocycles. The van der Waals surface area contributed by atoms with Gasteiger partial charge in [-0.2, -0.15) is 0 Å². The molecule has 1 saturated carbocycles. The summed E-state index contributed by atoms with van der Waals surface area (Å²) in [6, 6.07) is -0.112. The Morgan fingerprint density at radius 3 is 2.63 bits per heavy atom. The quantitative estimate of drug-likeness (QED) is 0.714. The summed E-state index contributed by atoms with van der Waals surface area (Å²) in [7, 11) is 1.62. The first-order chi connectivity index (χ1) is 14.6. The highest BCUT2D eigenvalue weighted by Crippen LogP contribution is 2.36. The van der Waals surface area contributed by atoms with Gasteiger partial charge in [0.1, 0.15) is 5.82 Å². The Bertz CT molecular complexity index is 791. The van der Waals surface area contributed by atoms with Gasteiger partial charge < -0.3 is 9.64 Å². The van der Waals surface area contributed by atoms with Crippen LogP contribution < -0.4 is 4.90 Å². The number of amides is 2. The molecule has 1 aliphatic carbocycles. The van der Waals surface area contributed by atoms with Gasteiger partial charge in [-0.15, -0.1) is 0 Å². The van der Waals surface area contributed by atoms with Crippen molar-refractivity contribution in [2.24, 2.45) is 5.92 Å². The first-order valence-corrected chi connectivity index (χ1v) is 11.5. The van der Waals surface area contributed by atoms with Crippen LogP contribution in [-0.2, 0) is 20.7 Å². The molecule has 0 unspecified atom stereocenters. The molecular weight excluding hydrogens is 380 g/mol. The second-order valence-corrected chi connectivity index (χ2v) is 9.00. The van der Waals surface area contributed by atoms with E-state index in [0.717, 1.165) is 49.4 Å². The van der Waals surface area contributed by atoms with E-state index in [1.165, 1.54) is 32.1 Å². The maximum Gasteiger partial charge on any atom is 0.232 e. The number of rotatable bonds is 6. The molecule has 7 nitrogen and oxygen atoms in total. The average molecular weight is 415 g/mol. The number of aryl methyl sites for hydroxylation is 1. The number of carbonyl (C=O) groups excluding carboxylic acids is 2. The minimum absolute atomic E-state index is 0.0958. The van der Waals surface area contributed by atoms with Crippen LogP contribution in [-0.4, -0.2) is 53.5 Å². The van der Waals surface area contributed by atoms with E-state index < -0.39 is 0 Å². The van der Waals surface area contributed by atoms with Crippen molar-refractivity contribution in [2.45, 2.75) is 77.2 Å². The maximum atomic E-state index is 12.8. The number of ether oxygens (including phenoxy) is 1. The van der Waals surface area contributed by atoms with Crippen LogP contribution in [0, 0.1) is 12.8 Å². The number of fused-ring (bicyclic) bond motifs is 1. The number of likely N-dealkylation sites (tertiary alicyclic amines) is 1. The molecule has 1 atom stereocenters. The Hall–Kier alpha value is -2.02. The van der Waals surface area contributed by atoms with Crippen molar-refractivity contribution >= 4 is 17.6 Å². The third kappa shape index (κ3) is 4.36. The van der Waals surface area contributed by atoms with Gasteiger partial charge >= 0.3 is 0 Å². The summed E-state index contributed by atoms with van der Waals surface area (Å²) in [4.78, 5) is 39.1. The van der Waals surface area contributed by atoms with Crippen LogP contribution in [0.2, 0.25) is 0 Å². The minimum atomic E-state index is -0.112. The zero-order valence-corrected chi connectivity index (χ0v) is 18.4. The molecule has 4 rings (SSSR count). The zero-order chi connectivity index (χ0) is 21.1. The molecule has 0 N–H and O–H groups in total. The lowest BCUT2D eigenvalue weighted by Crippen LogP contribution is -2.40. The Balaban J connectivity index is 1.59. The summed E-state index contributed by atoms with van der Waals surface area (Å²) in [6.07, 6.45) is 9.92. The first kappa shape index (κ1) is 21.2. The van der Waals surface area contributed by atoms with Gasteiger partial charge in [-0.1, -0.05) is 19.3 Å².